The van der Waals surface area contributed by atoms with Crippen LogP contribution in [-0.2, 0) is 4.79 Å². The van der Waals surface area contributed by atoms with E-state index in [1.807, 2.05) is 0 Å². The number of aryl methyl sites for hydroxylation is 1. The van der Waals surface area contributed by atoms with Gasteiger partial charge in [0.25, 0.3) is 0 Å². The van der Waals surface area contributed by atoms with Crippen LogP contribution in [0.2, 0.25) is 0 Å². The first-order valence-corrected chi connectivity index (χ1v) is 6.23. The lowest BCUT2D eigenvalue weighted by Crippen LogP contribution is -2.48. The van der Waals surface area contributed by atoms with E-state index in [0.29, 0.717) is 0 Å². The van der Waals surface area contributed by atoms with Crippen LogP contribution in [-0.4, -0.2) is 35.6 Å². The predicted molar refractivity (Wildman–Crippen MR) is 68.3 cm³/mol. The highest BCUT2D eigenvalue weighted by atomic mass is 19.3. The highest BCUT2D eigenvalue weighted by Crippen LogP contribution is 2.24. The number of hydrogen-bond donors (Lipinski definition) is 0. The van der Waals surface area contributed by atoms with Crippen molar-refractivity contribution in [2.24, 2.45) is 0 Å². The zero-order valence-electron chi connectivity index (χ0n) is 11.5. The fourth-order valence-corrected chi connectivity index (χ4v) is 1.72. The number of carbonyl (C=O) groups excluding carboxylic acids is 2. The fourth-order valence-electron chi connectivity index (χ4n) is 1.72. The Morgan fingerprint density at radius 3 is 2.20 bits per heavy atom. The molecule has 0 aromatic heterocycles. The van der Waals surface area contributed by atoms with Crippen LogP contribution < -0.4 is 0 Å². The summed E-state index contributed by atoms with van der Waals surface area (Å²) in [6, 6.07) is 3.03. The fraction of sp³-hybridized carbons (Fsp3) is 0.429. The summed E-state index contributed by atoms with van der Waals surface area (Å²) in [5, 5.41) is 0. The quantitative estimate of drug-likeness (QED) is 0.617. The molecule has 0 radical (unpaired) electrons. The number of nitrogens with zero attached hydrogens (tertiary/aromatic N) is 1. The van der Waals surface area contributed by atoms with E-state index in [9.17, 15) is 22.8 Å². The third-order valence-electron chi connectivity index (χ3n) is 3.04. The van der Waals surface area contributed by atoms with Crippen LogP contribution in [0.5, 0.6) is 0 Å². The summed E-state index contributed by atoms with van der Waals surface area (Å²) >= 11 is 0. The topological polar surface area (TPSA) is 37.4 Å². The first-order valence-electron chi connectivity index (χ1n) is 6.23. The van der Waals surface area contributed by atoms with Gasteiger partial charge in [-0.3, -0.25) is 9.59 Å². The number of halogens is 3. The number of ketones is 1. The second-order valence-corrected chi connectivity index (χ2v) is 4.34. The van der Waals surface area contributed by atoms with Crippen molar-refractivity contribution < 1.29 is 22.8 Å². The van der Waals surface area contributed by atoms with Crippen LogP contribution in [0, 0.1) is 12.7 Å². The van der Waals surface area contributed by atoms with E-state index in [0.717, 1.165) is 17.0 Å². The number of rotatable bonds is 5. The summed E-state index contributed by atoms with van der Waals surface area (Å²) < 4.78 is 41.1. The molecule has 0 bridgehead atoms. The Balaban J connectivity index is 3.10. The maximum absolute atomic E-state index is 13.9. The lowest BCUT2D eigenvalue weighted by Gasteiger charge is -2.23. The Kier molecular flexibility index (Phi) is 4.92. The third kappa shape index (κ3) is 3.00. The van der Waals surface area contributed by atoms with Crippen molar-refractivity contribution >= 4 is 11.7 Å². The monoisotopic (exact) mass is 287 g/mol. The molecule has 110 valence electrons. The molecule has 0 aliphatic rings. The molecule has 0 atom stereocenters. The Labute approximate surface area is 115 Å². The van der Waals surface area contributed by atoms with Gasteiger partial charge in [-0.05, 0) is 32.4 Å². The molecule has 1 aromatic carbocycles. The van der Waals surface area contributed by atoms with E-state index in [1.165, 1.54) is 26.8 Å². The average Bonchev–Trinajstić information content (AvgIpc) is 2.42. The summed E-state index contributed by atoms with van der Waals surface area (Å²) in [5.74, 6) is -8.20. The minimum absolute atomic E-state index is 0.0699. The second-order valence-electron chi connectivity index (χ2n) is 4.34. The molecule has 3 nitrogen and oxygen atoms in total. The van der Waals surface area contributed by atoms with Gasteiger partial charge in [-0.25, -0.2) is 4.39 Å². The van der Waals surface area contributed by atoms with Crippen LogP contribution in [0.4, 0.5) is 13.2 Å². The summed E-state index contributed by atoms with van der Waals surface area (Å²) in [4.78, 5) is 24.3. The van der Waals surface area contributed by atoms with Gasteiger partial charge in [-0.1, -0.05) is 12.1 Å². The molecular formula is C14H16F3NO2. The van der Waals surface area contributed by atoms with Crippen LogP contribution in [0.1, 0.15) is 29.8 Å². The van der Waals surface area contributed by atoms with Gasteiger partial charge in [0.2, 0.25) is 5.78 Å². The highest BCUT2D eigenvalue weighted by Gasteiger charge is 2.49. The zero-order valence-corrected chi connectivity index (χ0v) is 11.5. The van der Waals surface area contributed by atoms with Crippen molar-refractivity contribution in [3.8, 4) is 0 Å². The molecule has 20 heavy (non-hydrogen) atoms. The van der Waals surface area contributed by atoms with Crippen molar-refractivity contribution in [2.45, 2.75) is 26.7 Å². The molecule has 0 aliphatic heterocycles. The molecule has 0 spiro atoms. The SMILES string of the molecule is CCN(CC)C(=O)C(F)(F)C(=O)c1ccc(C)c(F)c1. The Morgan fingerprint density at radius 1 is 1.20 bits per heavy atom. The van der Waals surface area contributed by atoms with Crippen molar-refractivity contribution in [3.63, 3.8) is 0 Å². The van der Waals surface area contributed by atoms with E-state index >= 15 is 0 Å². The number of Topliss-reactive ketones (excluding diaryl/α,β-unsaturated/α-hetero) is 1. The van der Waals surface area contributed by atoms with Gasteiger partial charge in [-0.2, -0.15) is 8.78 Å². The normalized spacial score (nSPS) is 11.3. The van der Waals surface area contributed by atoms with Crippen LogP contribution in [0.15, 0.2) is 18.2 Å². The Morgan fingerprint density at radius 2 is 1.75 bits per heavy atom. The standard InChI is InChI=1S/C14H16F3NO2/c1-4-18(5-2)13(20)14(16,17)12(19)10-7-6-9(3)11(15)8-10/h6-8H,4-5H2,1-3H3. The van der Waals surface area contributed by atoms with Crippen molar-refractivity contribution in [2.75, 3.05) is 13.1 Å². The van der Waals surface area contributed by atoms with E-state index in [4.69, 9.17) is 0 Å². The van der Waals surface area contributed by atoms with Gasteiger partial charge in [0.05, 0.1) is 0 Å². The third-order valence-corrected chi connectivity index (χ3v) is 3.04. The van der Waals surface area contributed by atoms with Gasteiger partial charge < -0.3 is 4.90 Å². The summed E-state index contributed by atoms with van der Waals surface area (Å²) in [6.07, 6.45) is 0. The van der Waals surface area contributed by atoms with Crippen molar-refractivity contribution in [1.29, 1.82) is 0 Å². The van der Waals surface area contributed by atoms with Gasteiger partial charge in [0.15, 0.2) is 0 Å². The van der Waals surface area contributed by atoms with E-state index in [2.05, 4.69) is 0 Å². The van der Waals surface area contributed by atoms with Crippen LogP contribution in [0.3, 0.4) is 0 Å². The molecule has 0 unspecified atom stereocenters. The maximum atomic E-state index is 13.9. The minimum atomic E-state index is -4.19. The molecule has 0 N–H and O–H groups in total. The molecule has 0 fully saturated rings. The van der Waals surface area contributed by atoms with Crippen molar-refractivity contribution in [1.82, 2.24) is 4.90 Å². The highest BCUT2D eigenvalue weighted by molar-refractivity contribution is 6.15. The molecule has 0 aliphatic carbocycles. The number of amides is 1. The summed E-state index contributed by atoms with van der Waals surface area (Å²) in [6.45, 7) is 4.66. The number of hydrogen-bond acceptors (Lipinski definition) is 2. The molecule has 1 rings (SSSR count). The Hall–Kier alpha value is -1.85. The van der Waals surface area contributed by atoms with Crippen LogP contribution >= 0.6 is 0 Å². The Bertz CT molecular complexity index is 525. The summed E-state index contributed by atoms with van der Waals surface area (Å²) in [7, 11) is 0. The summed E-state index contributed by atoms with van der Waals surface area (Å²) in [5.41, 5.74) is -0.279. The van der Waals surface area contributed by atoms with Crippen LogP contribution in [0.25, 0.3) is 0 Å². The lowest BCUT2D eigenvalue weighted by molar-refractivity contribution is -0.150. The van der Waals surface area contributed by atoms with Gasteiger partial charge in [-0.15, -0.1) is 0 Å². The van der Waals surface area contributed by atoms with Gasteiger partial charge >= 0.3 is 11.8 Å². The minimum Gasteiger partial charge on any atom is -0.338 e. The first-order chi connectivity index (χ1) is 9.25. The van der Waals surface area contributed by atoms with Gasteiger partial charge in [0.1, 0.15) is 5.82 Å². The van der Waals surface area contributed by atoms with E-state index < -0.39 is 29.0 Å². The number of alkyl halides is 2. The van der Waals surface area contributed by atoms with E-state index in [1.54, 1.807) is 0 Å². The number of benzene rings is 1. The molecule has 1 amide bonds. The molecule has 1 aromatic rings. The molecular weight excluding hydrogens is 271 g/mol. The zero-order chi connectivity index (χ0) is 15.5. The smallest absolute Gasteiger partial charge is 0.338 e. The molecule has 0 saturated heterocycles. The lowest BCUT2D eigenvalue weighted by atomic mass is 10.0. The largest absolute Gasteiger partial charge is 0.386 e. The predicted octanol–water partition coefficient (Wildman–Crippen LogP) is 2.82. The maximum Gasteiger partial charge on any atom is 0.386 e. The molecule has 0 heterocycles. The average molecular weight is 287 g/mol. The second kappa shape index (κ2) is 6.07. The number of carbonyl (C=O) groups is 2. The first kappa shape index (κ1) is 16.2. The van der Waals surface area contributed by atoms with Gasteiger partial charge in [0, 0.05) is 18.7 Å². The van der Waals surface area contributed by atoms with Crippen molar-refractivity contribution in [3.05, 3.63) is 35.1 Å². The van der Waals surface area contributed by atoms with E-state index in [-0.39, 0.29) is 18.7 Å². The molecule has 0 saturated carbocycles. The molecule has 6 heteroatoms.